The normalized spacial score (nSPS) is 13.1. The molecule has 0 unspecified atom stereocenters. The molecule has 0 amide bonds. The molecule has 2 aromatic rings. The van der Waals surface area contributed by atoms with Crippen LogP contribution in [0.15, 0.2) is 48.0 Å². The molecular formula is C18H19N. The molecule has 1 aliphatic rings. The smallest absolute Gasteiger partial charge is 0.0403 e. The van der Waals surface area contributed by atoms with Crippen molar-refractivity contribution in [3.8, 4) is 0 Å². The standard InChI is InChI=1S/C18H19N/c1-13-6-8-17(9-7-13)19-12-16-5-3-4-15-10-14(2)11-18(15)16/h3-10,19H,11-12H2,1-2H3. The van der Waals surface area contributed by atoms with Crippen LogP contribution in [0, 0.1) is 6.92 Å². The van der Waals surface area contributed by atoms with Crippen molar-refractivity contribution in [1.82, 2.24) is 0 Å². The Morgan fingerprint density at radius 2 is 1.79 bits per heavy atom. The third-order valence-corrected chi connectivity index (χ3v) is 3.70. The lowest BCUT2D eigenvalue weighted by molar-refractivity contribution is 1.07. The van der Waals surface area contributed by atoms with Gasteiger partial charge in [0.2, 0.25) is 0 Å². The molecule has 0 saturated carbocycles. The topological polar surface area (TPSA) is 12.0 Å². The van der Waals surface area contributed by atoms with Crippen molar-refractivity contribution in [2.75, 3.05) is 5.32 Å². The van der Waals surface area contributed by atoms with Gasteiger partial charge in [-0.1, -0.05) is 47.5 Å². The Bertz CT molecular complexity index is 621. The molecule has 2 aromatic carbocycles. The lowest BCUT2D eigenvalue weighted by Gasteiger charge is -2.11. The van der Waals surface area contributed by atoms with Gasteiger partial charge in [0.25, 0.3) is 0 Å². The number of hydrogen-bond acceptors (Lipinski definition) is 1. The number of nitrogens with one attached hydrogen (secondary N) is 1. The highest BCUT2D eigenvalue weighted by atomic mass is 14.9. The summed E-state index contributed by atoms with van der Waals surface area (Å²) in [6.45, 7) is 5.22. The Kier molecular flexibility index (Phi) is 3.12. The van der Waals surface area contributed by atoms with E-state index < -0.39 is 0 Å². The van der Waals surface area contributed by atoms with Crippen molar-refractivity contribution in [3.05, 3.63) is 70.3 Å². The third kappa shape index (κ3) is 2.55. The summed E-state index contributed by atoms with van der Waals surface area (Å²) in [6.07, 6.45) is 3.39. The number of anilines is 1. The summed E-state index contributed by atoms with van der Waals surface area (Å²) in [6, 6.07) is 15.2. The molecule has 19 heavy (non-hydrogen) atoms. The molecule has 0 radical (unpaired) electrons. The van der Waals surface area contributed by atoms with Gasteiger partial charge in [-0.2, -0.15) is 0 Å². The van der Waals surface area contributed by atoms with Gasteiger partial charge in [0.05, 0.1) is 0 Å². The second-order valence-electron chi connectivity index (χ2n) is 5.37. The lowest BCUT2D eigenvalue weighted by Crippen LogP contribution is -2.03. The van der Waals surface area contributed by atoms with Crippen LogP contribution in [-0.2, 0) is 13.0 Å². The van der Waals surface area contributed by atoms with Crippen molar-refractivity contribution in [1.29, 1.82) is 0 Å². The molecule has 0 atom stereocenters. The van der Waals surface area contributed by atoms with Gasteiger partial charge in [0, 0.05) is 12.2 Å². The van der Waals surface area contributed by atoms with Crippen LogP contribution in [0.5, 0.6) is 0 Å². The molecule has 96 valence electrons. The molecule has 3 rings (SSSR count). The number of hydrogen-bond donors (Lipinski definition) is 1. The molecule has 0 fully saturated rings. The van der Waals surface area contributed by atoms with E-state index >= 15 is 0 Å². The van der Waals surface area contributed by atoms with Crippen molar-refractivity contribution in [2.45, 2.75) is 26.8 Å². The van der Waals surface area contributed by atoms with Gasteiger partial charge in [0.1, 0.15) is 0 Å². The van der Waals surface area contributed by atoms with E-state index in [2.05, 4.69) is 67.7 Å². The summed E-state index contributed by atoms with van der Waals surface area (Å²) in [5.41, 5.74) is 8.22. The maximum Gasteiger partial charge on any atom is 0.0403 e. The zero-order valence-electron chi connectivity index (χ0n) is 11.5. The average Bonchev–Trinajstić information content (AvgIpc) is 2.79. The molecule has 1 nitrogen and oxygen atoms in total. The molecule has 0 aliphatic heterocycles. The van der Waals surface area contributed by atoms with Crippen LogP contribution in [0.2, 0.25) is 0 Å². The van der Waals surface area contributed by atoms with E-state index in [1.807, 2.05) is 0 Å². The summed E-state index contributed by atoms with van der Waals surface area (Å²) in [7, 11) is 0. The average molecular weight is 249 g/mol. The number of benzene rings is 2. The Labute approximate surface area is 115 Å². The van der Waals surface area contributed by atoms with Crippen LogP contribution in [-0.4, -0.2) is 0 Å². The molecule has 0 heterocycles. The van der Waals surface area contributed by atoms with Gasteiger partial charge in [-0.25, -0.2) is 0 Å². The number of fused-ring (bicyclic) bond motifs is 1. The zero-order valence-corrected chi connectivity index (χ0v) is 11.5. The van der Waals surface area contributed by atoms with E-state index in [1.165, 1.54) is 33.5 Å². The first-order valence-electron chi connectivity index (χ1n) is 6.81. The first kappa shape index (κ1) is 12.0. The maximum atomic E-state index is 3.51. The van der Waals surface area contributed by atoms with Gasteiger partial charge >= 0.3 is 0 Å². The first-order chi connectivity index (χ1) is 9.22. The highest BCUT2D eigenvalue weighted by molar-refractivity contribution is 5.65. The Balaban J connectivity index is 1.75. The molecular weight excluding hydrogens is 230 g/mol. The van der Waals surface area contributed by atoms with Gasteiger partial charge in [-0.3, -0.25) is 0 Å². The SMILES string of the molecule is CC1=Cc2cccc(CNc3ccc(C)cc3)c2C1. The number of rotatable bonds is 3. The van der Waals surface area contributed by atoms with Crippen molar-refractivity contribution >= 4 is 11.8 Å². The minimum absolute atomic E-state index is 0.896. The predicted molar refractivity (Wildman–Crippen MR) is 82.3 cm³/mol. The first-order valence-corrected chi connectivity index (χ1v) is 6.81. The molecule has 1 heteroatoms. The molecule has 0 spiro atoms. The molecule has 0 bridgehead atoms. The van der Waals surface area contributed by atoms with Crippen LogP contribution in [0.3, 0.4) is 0 Å². The number of aryl methyl sites for hydroxylation is 1. The Morgan fingerprint density at radius 1 is 1.00 bits per heavy atom. The molecule has 1 aliphatic carbocycles. The Morgan fingerprint density at radius 3 is 2.58 bits per heavy atom. The van der Waals surface area contributed by atoms with E-state index in [0.717, 1.165) is 13.0 Å². The Hall–Kier alpha value is -2.02. The van der Waals surface area contributed by atoms with E-state index in [4.69, 9.17) is 0 Å². The maximum absolute atomic E-state index is 3.51. The van der Waals surface area contributed by atoms with E-state index in [9.17, 15) is 0 Å². The van der Waals surface area contributed by atoms with Crippen LogP contribution >= 0.6 is 0 Å². The fourth-order valence-corrected chi connectivity index (χ4v) is 2.63. The van der Waals surface area contributed by atoms with E-state index in [0.29, 0.717) is 0 Å². The third-order valence-electron chi connectivity index (χ3n) is 3.70. The van der Waals surface area contributed by atoms with Crippen molar-refractivity contribution in [2.24, 2.45) is 0 Å². The van der Waals surface area contributed by atoms with E-state index in [1.54, 1.807) is 0 Å². The fraction of sp³-hybridized carbons (Fsp3) is 0.222. The number of allylic oxidation sites excluding steroid dienone is 1. The predicted octanol–water partition coefficient (Wildman–Crippen LogP) is 4.57. The minimum atomic E-state index is 0.896. The van der Waals surface area contributed by atoms with Crippen LogP contribution in [0.25, 0.3) is 6.08 Å². The highest BCUT2D eigenvalue weighted by Crippen LogP contribution is 2.28. The fourth-order valence-electron chi connectivity index (χ4n) is 2.63. The lowest BCUT2D eigenvalue weighted by atomic mass is 10.0. The van der Waals surface area contributed by atoms with Crippen LogP contribution < -0.4 is 5.32 Å². The van der Waals surface area contributed by atoms with Gasteiger partial charge < -0.3 is 5.32 Å². The summed E-state index contributed by atoms with van der Waals surface area (Å²) in [5, 5.41) is 3.51. The molecule has 1 N–H and O–H groups in total. The van der Waals surface area contributed by atoms with E-state index in [-0.39, 0.29) is 0 Å². The van der Waals surface area contributed by atoms with Crippen molar-refractivity contribution < 1.29 is 0 Å². The largest absolute Gasteiger partial charge is 0.381 e. The quantitative estimate of drug-likeness (QED) is 0.840. The van der Waals surface area contributed by atoms with Crippen LogP contribution in [0.1, 0.15) is 29.2 Å². The van der Waals surface area contributed by atoms with Gasteiger partial charge in [0.15, 0.2) is 0 Å². The summed E-state index contributed by atoms with van der Waals surface area (Å²) in [5.74, 6) is 0. The second-order valence-corrected chi connectivity index (χ2v) is 5.37. The summed E-state index contributed by atoms with van der Waals surface area (Å²) in [4.78, 5) is 0. The molecule has 0 saturated heterocycles. The van der Waals surface area contributed by atoms with Crippen molar-refractivity contribution in [3.63, 3.8) is 0 Å². The van der Waals surface area contributed by atoms with Gasteiger partial charge in [-0.05, 0) is 49.1 Å². The minimum Gasteiger partial charge on any atom is -0.381 e. The zero-order chi connectivity index (χ0) is 13.2. The second kappa shape index (κ2) is 4.93. The monoisotopic (exact) mass is 249 g/mol. The summed E-state index contributed by atoms with van der Waals surface area (Å²) < 4.78 is 0. The summed E-state index contributed by atoms with van der Waals surface area (Å²) >= 11 is 0. The highest BCUT2D eigenvalue weighted by Gasteiger charge is 2.12. The van der Waals surface area contributed by atoms with Crippen LogP contribution in [0.4, 0.5) is 5.69 Å². The van der Waals surface area contributed by atoms with Gasteiger partial charge in [-0.15, -0.1) is 0 Å². The molecule has 0 aromatic heterocycles.